The lowest BCUT2D eigenvalue weighted by Crippen LogP contribution is -2.49. The van der Waals surface area contributed by atoms with E-state index in [9.17, 15) is 31.1 Å². The van der Waals surface area contributed by atoms with E-state index in [1.54, 1.807) is 5.32 Å². The zero-order valence-corrected chi connectivity index (χ0v) is 11.8. The van der Waals surface area contributed by atoms with E-state index < -0.39 is 24.2 Å². The molecule has 0 radical (unpaired) electrons. The van der Waals surface area contributed by atoms with Gasteiger partial charge in [-0.25, -0.2) is 0 Å². The average molecular weight is 340 g/mol. The van der Waals surface area contributed by atoms with Crippen molar-refractivity contribution in [2.75, 3.05) is 12.4 Å². The Morgan fingerprint density at radius 3 is 1.95 bits per heavy atom. The van der Waals surface area contributed by atoms with E-state index in [1.807, 2.05) is 0 Å². The molecule has 1 fully saturated rings. The van der Waals surface area contributed by atoms with Gasteiger partial charge >= 0.3 is 12.4 Å². The number of amides is 1. The van der Waals surface area contributed by atoms with E-state index in [2.05, 4.69) is 0 Å². The molecule has 21 heavy (non-hydrogen) atoms. The molecule has 0 saturated heterocycles. The summed E-state index contributed by atoms with van der Waals surface area (Å²) in [5, 5.41) is 1.79. The molecule has 1 aliphatic carbocycles. The van der Waals surface area contributed by atoms with Gasteiger partial charge in [0.15, 0.2) is 0 Å². The summed E-state index contributed by atoms with van der Waals surface area (Å²) >= 11 is 5.73. The molecular weight excluding hydrogens is 324 g/mol. The number of rotatable bonds is 4. The lowest BCUT2D eigenvalue weighted by molar-refractivity contribution is -0.274. The van der Waals surface area contributed by atoms with E-state index in [1.165, 1.54) is 0 Å². The molecule has 1 aliphatic rings. The molecule has 9 heteroatoms. The van der Waals surface area contributed by atoms with Crippen LogP contribution in [0.2, 0.25) is 0 Å². The van der Waals surface area contributed by atoms with Crippen molar-refractivity contribution in [3.05, 3.63) is 0 Å². The molecule has 1 N–H and O–H groups in total. The lowest BCUT2D eigenvalue weighted by atomic mass is 9.80. The highest BCUT2D eigenvalue weighted by atomic mass is 35.5. The third-order valence-corrected chi connectivity index (χ3v) is 4.12. The number of hydrogen-bond acceptors (Lipinski definition) is 1. The minimum Gasteiger partial charge on any atom is -0.355 e. The van der Waals surface area contributed by atoms with Gasteiger partial charge in [-0.15, -0.1) is 11.6 Å². The largest absolute Gasteiger partial charge is 0.409 e. The number of carbonyl (C=O) groups is 1. The van der Waals surface area contributed by atoms with E-state index in [0.717, 1.165) is 19.3 Å². The highest BCUT2D eigenvalue weighted by Gasteiger charge is 2.61. The highest BCUT2D eigenvalue weighted by Crippen LogP contribution is 2.39. The van der Waals surface area contributed by atoms with Crippen LogP contribution in [0.25, 0.3) is 0 Å². The zero-order chi connectivity index (χ0) is 16.3. The van der Waals surface area contributed by atoms with Crippen LogP contribution in [0.15, 0.2) is 0 Å². The molecule has 0 aliphatic heterocycles. The van der Waals surface area contributed by atoms with Crippen LogP contribution in [-0.2, 0) is 4.79 Å². The molecule has 0 aromatic carbocycles. The number of alkyl halides is 7. The maximum atomic E-state index is 12.4. The Morgan fingerprint density at radius 2 is 1.52 bits per heavy atom. The van der Waals surface area contributed by atoms with Gasteiger partial charge in [0.25, 0.3) is 0 Å². The number of nitrogens with one attached hydrogen (secondary N) is 1. The van der Waals surface area contributed by atoms with Crippen LogP contribution < -0.4 is 5.32 Å². The standard InChI is InChI=1S/C12H16ClF6NO/c13-5-7-3-1-2-4-8(7)6-20-10(21)9(11(14,15)16)12(17,18)19/h7-9H,1-6H2,(H,20,21). The first-order valence-corrected chi connectivity index (χ1v) is 7.08. The van der Waals surface area contributed by atoms with Crippen molar-refractivity contribution in [1.82, 2.24) is 5.32 Å². The molecular formula is C12H16ClF6NO. The van der Waals surface area contributed by atoms with Crippen LogP contribution in [0.5, 0.6) is 0 Å². The second kappa shape index (κ2) is 7.07. The predicted molar refractivity (Wildman–Crippen MR) is 64.8 cm³/mol. The molecule has 124 valence electrons. The van der Waals surface area contributed by atoms with E-state index in [0.29, 0.717) is 6.42 Å². The average Bonchev–Trinajstić information content (AvgIpc) is 2.33. The summed E-state index contributed by atoms with van der Waals surface area (Å²) in [5.41, 5.74) is 0. The lowest BCUT2D eigenvalue weighted by Gasteiger charge is -2.31. The molecule has 2 atom stereocenters. The van der Waals surface area contributed by atoms with E-state index >= 15 is 0 Å². The van der Waals surface area contributed by atoms with Crippen molar-refractivity contribution in [3.63, 3.8) is 0 Å². The minimum atomic E-state index is -5.65. The normalized spacial score (nSPS) is 24.2. The monoisotopic (exact) mass is 339 g/mol. The fourth-order valence-corrected chi connectivity index (χ4v) is 2.98. The molecule has 0 aromatic rings. The Hall–Kier alpha value is -0.660. The second-order valence-corrected chi connectivity index (χ2v) is 5.53. The van der Waals surface area contributed by atoms with Gasteiger partial charge in [-0.2, -0.15) is 26.3 Å². The summed E-state index contributed by atoms with van der Waals surface area (Å²) in [4.78, 5) is 11.3. The third-order valence-electron chi connectivity index (χ3n) is 3.72. The summed E-state index contributed by atoms with van der Waals surface area (Å²) in [6, 6.07) is 0. The Bertz CT molecular complexity index is 343. The van der Waals surface area contributed by atoms with E-state index in [-0.39, 0.29) is 24.3 Å². The Morgan fingerprint density at radius 1 is 1.05 bits per heavy atom. The second-order valence-electron chi connectivity index (χ2n) is 5.22. The number of carbonyl (C=O) groups excluding carboxylic acids is 1. The maximum absolute atomic E-state index is 12.4. The molecule has 0 heterocycles. The van der Waals surface area contributed by atoms with Crippen LogP contribution in [0.1, 0.15) is 25.7 Å². The number of halogens is 7. The fourth-order valence-electron chi connectivity index (χ4n) is 2.57. The Balaban J connectivity index is 2.66. The molecule has 0 spiro atoms. The van der Waals surface area contributed by atoms with Crippen molar-refractivity contribution < 1.29 is 31.1 Å². The smallest absolute Gasteiger partial charge is 0.355 e. The van der Waals surface area contributed by atoms with Gasteiger partial charge in [0.05, 0.1) is 0 Å². The molecule has 2 nitrogen and oxygen atoms in total. The van der Waals surface area contributed by atoms with Gasteiger partial charge in [0, 0.05) is 12.4 Å². The van der Waals surface area contributed by atoms with Crippen molar-refractivity contribution in [3.8, 4) is 0 Å². The minimum absolute atomic E-state index is 0.0101. The van der Waals surface area contributed by atoms with Crippen LogP contribution in [-0.4, -0.2) is 30.7 Å². The van der Waals surface area contributed by atoms with Gasteiger partial charge < -0.3 is 5.32 Å². The molecule has 2 unspecified atom stereocenters. The van der Waals surface area contributed by atoms with Crippen LogP contribution in [0, 0.1) is 17.8 Å². The van der Waals surface area contributed by atoms with Gasteiger partial charge in [-0.05, 0) is 24.7 Å². The Kier molecular flexibility index (Phi) is 6.19. The first-order chi connectivity index (χ1) is 9.57. The maximum Gasteiger partial charge on any atom is 0.409 e. The van der Waals surface area contributed by atoms with Crippen molar-refractivity contribution in [1.29, 1.82) is 0 Å². The fraction of sp³-hybridized carbons (Fsp3) is 0.917. The van der Waals surface area contributed by atoms with Gasteiger partial charge in [0.2, 0.25) is 11.8 Å². The van der Waals surface area contributed by atoms with Crippen molar-refractivity contribution in [2.45, 2.75) is 38.0 Å². The molecule has 0 aromatic heterocycles. The van der Waals surface area contributed by atoms with Crippen LogP contribution >= 0.6 is 11.6 Å². The topological polar surface area (TPSA) is 29.1 Å². The third kappa shape index (κ3) is 5.23. The molecule has 1 saturated carbocycles. The summed E-state index contributed by atoms with van der Waals surface area (Å²) < 4.78 is 74.2. The summed E-state index contributed by atoms with van der Waals surface area (Å²) in [7, 11) is 0. The predicted octanol–water partition coefficient (Wildman–Crippen LogP) is 3.89. The van der Waals surface area contributed by atoms with Crippen molar-refractivity contribution in [2.24, 2.45) is 17.8 Å². The Labute approximate surface area is 123 Å². The van der Waals surface area contributed by atoms with E-state index in [4.69, 9.17) is 11.6 Å². The summed E-state index contributed by atoms with van der Waals surface area (Å²) in [5.74, 6) is -5.92. The van der Waals surface area contributed by atoms with Crippen LogP contribution in [0.4, 0.5) is 26.3 Å². The van der Waals surface area contributed by atoms with Gasteiger partial charge in [-0.3, -0.25) is 4.79 Å². The SMILES string of the molecule is O=C(NCC1CCCCC1CCl)C(C(F)(F)F)C(F)(F)F. The quantitative estimate of drug-likeness (QED) is 0.611. The zero-order valence-electron chi connectivity index (χ0n) is 11.0. The first-order valence-electron chi connectivity index (χ1n) is 6.54. The van der Waals surface area contributed by atoms with Crippen molar-refractivity contribution >= 4 is 17.5 Å². The van der Waals surface area contributed by atoms with Gasteiger partial charge in [0.1, 0.15) is 0 Å². The van der Waals surface area contributed by atoms with Gasteiger partial charge in [-0.1, -0.05) is 12.8 Å². The molecule has 0 bridgehead atoms. The first kappa shape index (κ1) is 18.4. The summed E-state index contributed by atoms with van der Waals surface area (Å²) in [6.07, 6.45) is -8.14. The molecule has 1 amide bonds. The summed E-state index contributed by atoms with van der Waals surface area (Å²) in [6.45, 7) is -0.209. The molecule has 1 rings (SSSR count). The number of hydrogen-bond donors (Lipinski definition) is 1. The highest BCUT2D eigenvalue weighted by molar-refractivity contribution is 6.18. The van der Waals surface area contributed by atoms with Crippen LogP contribution in [0.3, 0.4) is 0 Å².